The summed E-state index contributed by atoms with van der Waals surface area (Å²) < 4.78 is 12.6. The Hall–Kier alpha value is -2.93. The average Bonchev–Trinajstić information content (AvgIpc) is 3.37. The second-order valence-electron chi connectivity index (χ2n) is 10.8. The van der Waals surface area contributed by atoms with Crippen molar-refractivity contribution < 1.29 is 9.36 Å². The Morgan fingerprint density at radius 3 is 2.49 bits per heavy atom. The smallest absolute Gasteiger partial charge is 0.253 e. The third-order valence-corrected chi connectivity index (χ3v) is 9.51. The van der Waals surface area contributed by atoms with Gasteiger partial charge in [-0.2, -0.15) is 4.98 Å². The molecule has 0 spiro atoms. The monoisotopic (exact) mass is 566 g/mol. The molecule has 1 aliphatic heterocycles. The number of hydrogen-bond acceptors (Lipinski definition) is 7. The van der Waals surface area contributed by atoms with Gasteiger partial charge in [0.25, 0.3) is 5.91 Å². The fourth-order valence-corrected chi connectivity index (χ4v) is 6.52. The van der Waals surface area contributed by atoms with Crippen LogP contribution in [0.4, 0.5) is 23.1 Å². The molecule has 2 aromatic carbocycles. The van der Waals surface area contributed by atoms with Crippen LogP contribution < -0.4 is 21.3 Å². The van der Waals surface area contributed by atoms with Gasteiger partial charge in [-0.05, 0) is 106 Å². The van der Waals surface area contributed by atoms with Crippen molar-refractivity contribution in [1.29, 1.82) is 0 Å². The lowest BCUT2D eigenvalue weighted by Crippen LogP contribution is -2.32. The van der Waals surface area contributed by atoms with E-state index < -0.39 is 7.14 Å². The second kappa shape index (κ2) is 11.7. The first-order valence-electron chi connectivity index (χ1n) is 13.6. The van der Waals surface area contributed by atoms with E-state index in [4.69, 9.17) is 11.6 Å². The van der Waals surface area contributed by atoms with Crippen LogP contribution in [0.15, 0.2) is 42.6 Å². The molecule has 1 aromatic heterocycles. The normalized spacial score (nSPS) is 17.8. The molecule has 1 fully saturated rings. The van der Waals surface area contributed by atoms with E-state index in [-0.39, 0.29) is 5.91 Å². The lowest BCUT2D eigenvalue weighted by Gasteiger charge is -2.25. The molecule has 0 bridgehead atoms. The minimum absolute atomic E-state index is 0.298. The number of anilines is 4. The molecule has 1 saturated heterocycles. The van der Waals surface area contributed by atoms with Crippen molar-refractivity contribution >= 4 is 53.1 Å². The molecule has 3 aromatic rings. The van der Waals surface area contributed by atoms with Crippen LogP contribution in [0, 0.1) is 0 Å². The van der Waals surface area contributed by atoms with Gasteiger partial charge >= 0.3 is 0 Å². The van der Waals surface area contributed by atoms with Crippen LogP contribution in [0.25, 0.3) is 0 Å². The molecule has 0 radical (unpaired) electrons. The predicted octanol–water partition coefficient (Wildman–Crippen LogP) is 5.57. The van der Waals surface area contributed by atoms with E-state index in [1.54, 1.807) is 38.6 Å². The maximum atomic E-state index is 12.6. The molecular weight excluding hydrogens is 531 g/mol. The first kappa shape index (κ1) is 27.6. The number of aryl methyl sites for hydroxylation is 2. The third-order valence-electron chi connectivity index (χ3n) is 7.71. The van der Waals surface area contributed by atoms with Crippen molar-refractivity contribution in [2.75, 3.05) is 44.1 Å². The zero-order valence-corrected chi connectivity index (χ0v) is 24.4. The van der Waals surface area contributed by atoms with Gasteiger partial charge in [-0.15, -0.1) is 0 Å². The Balaban J connectivity index is 1.34. The lowest BCUT2D eigenvalue weighted by molar-refractivity contribution is 0.0964. The average molecular weight is 567 g/mol. The number of halogens is 1. The Kier molecular flexibility index (Phi) is 8.27. The van der Waals surface area contributed by atoms with E-state index in [0.29, 0.717) is 39.4 Å². The Bertz CT molecular complexity index is 1420. The summed E-state index contributed by atoms with van der Waals surface area (Å²) >= 11 is 6.43. The molecule has 10 heteroatoms. The SMILES string of the molecule is CNC(=O)c1cc(P(C)(C)=O)ccc1Nc1nc(Nc2ccc3c(c2)CC[C@@H](N2CCCC2)CC3)ncc1Cl. The molecule has 39 heavy (non-hydrogen) atoms. The number of fused-ring (bicyclic) bond motifs is 1. The summed E-state index contributed by atoms with van der Waals surface area (Å²) in [7, 11) is -0.988. The van der Waals surface area contributed by atoms with Crippen molar-refractivity contribution in [3.63, 3.8) is 0 Å². The number of carbonyl (C=O) groups is 1. The van der Waals surface area contributed by atoms with E-state index in [2.05, 4.69) is 49.0 Å². The summed E-state index contributed by atoms with van der Waals surface area (Å²) in [6, 6.07) is 12.3. The molecule has 1 aliphatic carbocycles. The quantitative estimate of drug-likeness (QED) is 0.254. The van der Waals surface area contributed by atoms with Gasteiger partial charge in [-0.1, -0.05) is 17.7 Å². The van der Waals surface area contributed by atoms with Gasteiger partial charge in [0, 0.05) is 24.1 Å². The zero-order valence-electron chi connectivity index (χ0n) is 22.8. The number of nitrogens with zero attached hydrogens (tertiary/aromatic N) is 3. The minimum Gasteiger partial charge on any atom is -0.355 e. The van der Waals surface area contributed by atoms with Crippen molar-refractivity contribution in [3.8, 4) is 0 Å². The maximum absolute atomic E-state index is 12.6. The number of nitrogens with one attached hydrogen (secondary N) is 3. The highest BCUT2D eigenvalue weighted by atomic mass is 35.5. The molecular formula is C29H36ClN6O2P. The van der Waals surface area contributed by atoms with Crippen molar-refractivity contribution in [1.82, 2.24) is 20.2 Å². The third kappa shape index (κ3) is 6.46. The standard InChI is InChI=1S/C29H36ClN6O2P/c1-31-28(37)24-17-23(39(2,3)38)12-13-26(24)34-27-25(30)18-32-29(35-27)33-21-9-6-19-7-10-22(11-8-20(19)16-21)36-14-4-5-15-36/h6,9,12-13,16-18,22H,4-5,7-8,10-11,14-15H2,1-3H3,(H,31,37)(H2,32,33,34,35)/t22-/m0/s1. The molecule has 3 N–H and O–H groups in total. The molecule has 206 valence electrons. The Morgan fingerprint density at radius 2 is 1.77 bits per heavy atom. The fraction of sp³-hybridized carbons (Fsp3) is 0.414. The van der Waals surface area contributed by atoms with E-state index in [0.717, 1.165) is 18.5 Å². The topological polar surface area (TPSA) is 99.2 Å². The van der Waals surface area contributed by atoms with E-state index >= 15 is 0 Å². The second-order valence-corrected chi connectivity index (χ2v) is 14.4. The number of benzene rings is 2. The van der Waals surface area contributed by atoms with Crippen LogP contribution >= 0.6 is 18.7 Å². The van der Waals surface area contributed by atoms with Crippen LogP contribution in [0.2, 0.25) is 5.02 Å². The number of rotatable bonds is 7. The van der Waals surface area contributed by atoms with Crippen LogP contribution in [0.5, 0.6) is 0 Å². The van der Waals surface area contributed by atoms with Gasteiger partial charge in [0.15, 0.2) is 5.82 Å². The number of amides is 1. The maximum Gasteiger partial charge on any atom is 0.253 e. The summed E-state index contributed by atoms with van der Waals surface area (Å²) in [5, 5.41) is 10.1. The molecule has 0 unspecified atom stereocenters. The van der Waals surface area contributed by atoms with Gasteiger partial charge in [0.1, 0.15) is 12.2 Å². The van der Waals surface area contributed by atoms with Gasteiger partial charge in [-0.25, -0.2) is 4.98 Å². The highest BCUT2D eigenvalue weighted by molar-refractivity contribution is 7.70. The number of hydrogen-bond donors (Lipinski definition) is 3. The highest BCUT2D eigenvalue weighted by Crippen LogP contribution is 2.36. The molecule has 0 saturated carbocycles. The van der Waals surface area contributed by atoms with Crippen molar-refractivity contribution in [3.05, 3.63) is 64.3 Å². The van der Waals surface area contributed by atoms with Crippen molar-refractivity contribution in [2.24, 2.45) is 0 Å². The molecule has 5 rings (SSSR count). The summed E-state index contributed by atoms with van der Waals surface area (Å²) in [6.07, 6.45) is 8.79. The zero-order chi connectivity index (χ0) is 27.6. The highest BCUT2D eigenvalue weighted by Gasteiger charge is 2.24. The van der Waals surface area contributed by atoms with E-state index in [9.17, 15) is 9.36 Å². The van der Waals surface area contributed by atoms with Crippen LogP contribution in [0.3, 0.4) is 0 Å². The van der Waals surface area contributed by atoms with Crippen molar-refractivity contribution in [2.45, 2.75) is 44.6 Å². The summed E-state index contributed by atoms with van der Waals surface area (Å²) in [5.74, 6) is 0.467. The van der Waals surface area contributed by atoms with Crippen LogP contribution in [-0.4, -0.2) is 60.3 Å². The van der Waals surface area contributed by atoms with E-state index in [1.807, 2.05) is 0 Å². The van der Waals surface area contributed by atoms with Gasteiger partial charge in [-0.3, -0.25) is 4.79 Å². The number of likely N-dealkylation sites (tertiary alicyclic amines) is 1. The summed E-state index contributed by atoms with van der Waals surface area (Å²) in [5.41, 5.74) is 4.61. The molecule has 8 nitrogen and oxygen atoms in total. The first-order chi connectivity index (χ1) is 18.7. The molecule has 2 heterocycles. The van der Waals surface area contributed by atoms with Gasteiger partial charge < -0.3 is 25.4 Å². The summed E-state index contributed by atoms with van der Waals surface area (Å²) in [4.78, 5) is 24.3. The molecule has 2 aliphatic rings. The van der Waals surface area contributed by atoms with Crippen LogP contribution in [-0.2, 0) is 17.4 Å². The largest absolute Gasteiger partial charge is 0.355 e. The van der Waals surface area contributed by atoms with Crippen LogP contribution in [0.1, 0.15) is 47.2 Å². The van der Waals surface area contributed by atoms with Gasteiger partial charge in [0.2, 0.25) is 5.95 Å². The summed E-state index contributed by atoms with van der Waals surface area (Å²) in [6.45, 7) is 5.84. The molecule has 1 atom stereocenters. The Labute approximate surface area is 235 Å². The minimum atomic E-state index is -2.55. The van der Waals surface area contributed by atoms with E-state index in [1.165, 1.54) is 56.1 Å². The lowest BCUT2D eigenvalue weighted by atomic mass is 10.0. The Morgan fingerprint density at radius 1 is 1.03 bits per heavy atom. The number of carbonyl (C=O) groups excluding carboxylic acids is 1. The first-order valence-corrected chi connectivity index (χ1v) is 16.5. The molecule has 1 amide bonds. The fourth-order valence-electron chi connectivity index (χ4n) is 5.51. The number of aromatic nitrogens is 2. The van der Waals surface area contributed by atoms with Gasteiger partial charge in [0.05, 0.1) is 17.4 Å². The predicted molar refractivity (Wildman–Crippen MR) is 160 cm³/mol.